The Hall–Kier alpha value is -1.79. The molecule has 2 aliphatic rings. The highest BCUT2D eigenvalue weighted by Crippen LogP contribution is 2.21. The van der Waals surface area contributed by atoms with Crippen LogP contribution in [0.3, 0.4) is 0 Å². The number of nitrogens with one attached hydrogen (secondary N) is 2. The first-order valence-corrected chi connectivity index (χ1v) is 9.25. The number of hydrogen-bond acceptors (Lipinski definition) is 3. The molecule has 0 aromatic rings. The van der Waals surface area contributed by atoms with E-state index in [2.05, 4.69) is 29.5 Å². The first kappa shape index (κ1) is 18.5. The van der Waals surface area contributed by atoms with E-state index in [1.54, 1.807) is 11.9 Å². The molecule has 3 amide bonds. The number of imide groups is 1. The van der Waals surface area contributed by atoms with Gasteiger partial charge in [-0.05, 0) is 12.8 Å². The molecular weight excluding hydrogens is 306 g/mol. The van der Waals surface area contributed by atoms with Crippen molar-refractivity contribution in [1.29, 1.82) is 0 Å². The Labute approximate surface area is 144 Å². The summed E-state index contributed by atoms with van der Waals surface area (Å²) < 4.78 is 0. The van der Waals surface area contributed by atoms with Gasteiger partial charge >= 0.3 is 6.03 Å². The zero-order chi connectivity index (χ0) is 17.5. The van der Waals surface area contributed by atoms with Crippen LogP contribution >= 0.6 is 0 Å². The topological polar surface area (TPSA) is 77.0 Å². The summed E-state index contributed by atoms with van der Waals surface area (Å²) in [6.45, 7) is 5.89. The van der Waals surface area contributed by atoms with Crippen LogP contribution in [0.1, 0.15) is 58.8 Å². The van der Waals surface area contributed by atoms with Crippen molar-refractivity contribution in [2.75, 3.05) is 20.1 Å². The summed E-state index contributed by atoms with van der Waals surface area (Å²) in [6, 6.07) is -0.745. The lowest BCUT2D eigenvalue weighted by molar-refractivity contribution is -0.127. The summed E-state index contributed by atoms with van der Waals surface area (Å²) in [5.74, 6) is 0.526. The summed E-state index contributed by atoms with van der Waals surface area (Å²) in [7, 11) is 1.71. The van der Waals surface area contributed by atoms with Crippen molar-refractivity contribution in [2.45, 2.75) is 71.0 Å². The van der Waals surface area contributed by atoms with Gasteiger partial charge in [-0.2, -0.15) is 0 Å². The maximum atomic E-state index is 12.3. The number of hydrogen-bond donors (Lipinski definition) is 2. The second-order valence-electron chi connectivity index (χ2n) is 6.61. The van der Waals surface area contributed by atoms with E-state index in [4.69, 9.17) is 0 Å². The lowest BCUT2D eigenvalue weighted by Crippen LogP contribution is -2.64. The van der Waals surface area contributed by atoms with Crippen LogP contribution in [0.15, 0.2) is 4.99 Å². The fourth-order valence-corrected chi connectivity index (χ4v) is 3.22. The number of likely N-dealkylation sites (N-methyl/N-ethyl adjacent to an activating group) is 1. The number of carbonyl (C=O) groups is 2. The third-order valence-corrected chi connectivity index (χ3v) is 4.70. The molecule has 2 rings (SSSR count). The highest BCUT2D eigenvalue weighted by atomic mass is 16.2. The molecule has 0 radical (unpaired) electrons. The predicted molar refractivity (Wildman–Crippen MR) is 94.7 cm³/mol. The van der Waals surface area contributed by atoms with Gasteiger partial charge in [-0.1, -0.05) is 46.0 Å². The molecule has 0 spiro atoms. The lowest BCUT2D eigenvalue weighted by atomic mass is 10.1. The third kappa shape index (κ3) is 4.19. The Morgan fingerprint density at radius 2 is 1.75 bits per heavy atom. The van der Waals surface area contributed by atoms with Gasteiger partial charge in [-0.15, -0.1) is 0 Å². The minimum absolute atomic E-state index is 0.233. The number of amides is 3. The molecule has 2 aliphatic heterocycles. The van der Waals surface area contributed by atoms with Crippen molar-refractivity contribution >= 4 is 17.9 Å². The van der Waals surface area contributed by atoms with E-state index in [1.165, 1.54) is 19.3 Å². The van der Waals surface area contributed by atoms with Gasteiger partial charge in [0.15, 0.2) is 12.0 Å². The van der Waals surface area contributed by atoms with Crippen molar-refractivity contribution < 1.29 is 9.59 Å². The molecule has 0 saturated carbocycles. The van der Waals surface area contributed by atoms with Crippen LogP contribution in [0.5, 0.6) is 0 Å². The van der Waals surface area contributed by atoms with Crippen molar-refractivity contribution in [3.05, 3.63) is 0 Å². The van der Waals surface area contributed by atoms with E-state index in [-0.39, 0.29) is 24.1 Å². The van der Waals surface area contributed by atoms with Crippen LogP contribution in [0.25, 0.3) is 0 Å². The number of nitrogens with zero attached hydrogens (tertiary/aromatic N) is 3. The van der Waals surface area contributed by atoms with Crippen molar-refractivity contribution in [3.8, 4) is 0 Å². The molecule has 2 heterocycles. The molecule has 136 valence electrons. The van der Waals surface area contributed by atoms with Crippen LogP contribution in [0.2, 0.25) is 0 Å². The maximum Gasteiger partial charge on any atom is 0.325 e. The minimum atomic E-state index is -0.390. The SMILES string of the molecule is CCCCCCN=C1NC2C(C(=O)NC(=O)N2C)N1CCCCC. The van der Waals surface area contributed by atoms with E-state index < -0.39 is 0 Å². The van der Waals surface area contributed by atoms with Crippen molar-refractivity contribution in [2.24, 2.45) is 4.99 Å². The Morgan fingerprint density at radius 3 is 2.46 bits per heavy atom. The van der Waals surface area contributed by atoms with Gasteiger partial charge in [0.25, 0.3) is 5.91 Å². The van der Waals surface area contributed by atoms with E-state index in [0.29, 0.717) is 0 Å². The van der Waals surface area contributed by atoms with E-state index in [9.17, 15) is 9.59 Å². The molecular formula is C17H31N5O2. The van der Waals surface area contributed by atoms with Crippen LogP contribution in [0, 0.1) is 0 Å². The molecule has 7 nitrogen and oxygen atoms in total. The molecule has 2 unspecified atom stereocenters. The van der Waals surface area contributed by atoms with Crippen LogP contribution in [-0.2, 0) is 4.79 Å². The van der Waals surface area contributed by atoms with Gasteiger partial charge < -0.3 is 15.1 Å². The number of guanidine groups is 1. The van der Waals surface area contributed by atoms with Gasteiger partial charge in [-0.3, -0.25) is 15.1 Å². The normalized spacial score (nSPS) is 25.0. The van der Waals surface area contributed by atoms with Crippen LogP contribution in [-0.4, -0.2) is 60.0 Å². The number of rotatable bonds is 9. The lowest BCUT2D eigenvalue weighted by Gasteiger charge is -2.35. The number of aliphatic imine (C=N–C) groups is 1. The molecule has 0 aromatic heterocycles. The summed E-state index contributed by atoms with van der Waals surface area (Å²) >= 11 is 0. The summed E-state index contributed by atoms with van der Waals surface area (Å²) in [5.41, 5.74) is 0. The molecule has 24 heavy (non-hydrogen) atoms. The van der Waals surface area contributed by atoms with Gasteiger partial charge in [0.05, 0.1) is 0 Å². The average molecular weight is 337 g/mol. The summed E-state index contributed by atoms with van der Waals surface area (Å²) in [4.78, 5) is 32.5. The second-order valence-corrected chi connectivity index (χ2v) is 6.61. The highest BCUT2D eigenvalue weighted by Gasteiger charge is 2.49. The summed E-state index contributed by atoms with van der Waals surface area (Å²) in [6.07, 6.45) is 7.59. The number of carbonyl (C=O) groups excluding carboxylic acids is 2. The van der Waals surface area contributed by atoms with Gasteiger partial charge in [0.2, 0.25) is 0 Å². The molecule has 2 atom stereocenters. The molecule has 0 aliphatic carbocycles. The standard InChI is InChI=1S/C17H31N5O2/c1-4-6-8-9-11-18-16-19-14-13(22(16)12-10-7-5-2)15(23)20-17(24)21(14)3/h13-14H,4-12H2,1-3H3,(H,18,19)(H,20,23,24). The second kappa shape index (κ2) is 8.89. The smallest absolute Gasteiger partial charge is 0.325 e. The Bertz CT molecular complexity index is 480. The predicted octanol–water partition coefficient (Wildman–Crippen LogP) is 1.89. The highest BCUT2D eigenvalue weighted by molar-refractivity contribution is 6.04. The van der Waals surface area contributed by atoms with Crippen LogP contribution < -0.4 is 10.6 Å². The first-order chi connectivity index (χ1) is 11.6. The zero-order valence-electron chi connectivity index (χ0n) is 15.2. The van der Waals surface area contributed by atoms with Gasteiger partial charge in [0, 0.05) is 20.1 Å². The molecule has 0 aromatic carbocycles. The minimum Gasteiger partial charge on any atom is -0.334 e. The largest absolute Gasteiger partial charge is 0.334 e. The molecule has 7 heteroatoms. The first-order valence-electron chi connectivity index (χ1n) is 9.25. The Balaban J connectivity index is 2.07. The van der Waals surface area contributed by atoms with Crippen molar-refractivity contribution in [3.63, 3.8) is 0 Å². The number of unbranched alkanes of at least 4 members (excludes halogenated alkanes) is 5. The fourth-order valence-electron chi connectivity index (χ4n) is 3.22. The fraction of sp³-hybridized carbons (Fsp3) is 0.824. The van der Waals surface area contributed by atoms with E-state index >= 15 is 0 Å². The van der Waals surface area contributed by atoms with E-state index in [1.807, 2.05) is 4.90 Å². The number of fused-ring (bicyclic) bond motifs is 1. The molecule has 2 fully saturated rings. The number of urea groups is 1. The summed E-state index contributed by atoms with van der Waals surface area (Å²) in [5, 5.41) is 5.73. The van der Waals surface area contributed by atoms with Gasteiger partial charge in [-0.25, -0.2) is 4.79 Å². The monoisotopic (exact) mass is 337 g/mol. The Morgan fingerprint density at radius 1 is 1.04 bits per heavy atom. The van der Waals surface area contributed by atoms with E-state index in [0.717, 1.165) is 44.7 Å². The maximum absolute atomic E-state index is 12.3. The van der Waals surface area contributed by atoms with Crippen LogP contribution in [0.4, 0.5) is 4.79 Å². The Kier molecular flexibility index (Phi) is 6.87. The van der Waals surface area contributed by atoms with Gasteiger partial charge in [0.1, 0.15) is 6.17 Å². The molecule has 2 saturated heterocycles. The van der Waals surface area contributed by atoms with Crippen molar-refractivity contribution in [1.82, 2.24) is 20.4 Å². The third-order valence-electron chi connectivity index (χ3n) is 4.70. The molecule has 2 N–H and O–H groups in total. The quantitative estimate of drug-likeness (QED) is 0.630. The average Bonchev–Trinajstić information content (AvgIpc) is 2.92. The zero-order valence-corrected chi connectivity index (χ0v) is 15.2. The molecule has 0 bridgehead atoms.